The maximum atomic E-state index is 12.3. The van der Waals surface area contributed by atoms with E-state index in [0.717, 1.165) is 31.2 Å². The van der Waals surface area contributed by atoms with E-state index in [1.165, 1.54) is 4.90 Å². The molecule has 19 heavy (non-hydrogen) atoms. The second-order valence-corrected chi connectivity index (χ2v) is 5.66. The van der Waals surface area contributed by atoms with Crippen LogP contribution in [0.4, 0.5) is 10.5 Å². The molecule has 4 heteroatoms. The van der Waals surface area contributed by atoms with Crippen LogP contribution in [-0.4, -0.2) is 17.5 Å². The summed E-state index contributed by atoms with van der Waals surface area (Å²) < 4.78 is 0. The van der Waals surface area contributed by atoms with Gasteiger partial charge in [0.05, 0.1) is 17.6 Å². The predicted molar refractivity (Wildman–Crippen MR) is 73.0 cm³/mol. The average molecular weight is 258 g/mol. The highest BCUT2D eigenvalue weighted by Crippen LogP contribution is 2.36. The molecule has 1 aromatic carbocycles. The lowest BCUT2D eigenvalue weighted by molar-refractivity contribution is -0.120. The van der Waals surface area contributed by atoms with Gasteiger partial charge in [-0.05, 0) is 31.9 Å². The molecule has 2 fully saturated rings. The van der Waals surface area contributed by atoms with Crippen LogP contribution >= 0.6 is 0 Å². The minimum Gasteiger partial charge on any atom is -0.331 e. The summed E-state index contributed by atoms with van der Waals surface area (Å²) in [6.07, 6.45) is 4.46. The molecule has 1 heterocycles. The fraction of sp³-hybridized carbons (Fsp3) is 0.467. The van der Waals surface area contributed by atoms with Crippen molar-refractivity contribution < 1.29 is 9.59 Å². The summed E-state index contributed by atoms with van der Waals surface area (Å²) in [5.74, 6) is -0.0884. The van der Waals surface area contributed by atoms with Crippen molar-refractivity contribution in [1.82, 2.24) is 5.32 Å². The molecule has 100 valence electrons. The topological polar surface area (TPSA) is 49.4 Å². The molecule has 1 aliphatic heterocycles. The molecule has 3 rings (SSSR count). The number of carbonyl (C=O) groups excluding carboxylic acids is 2. The maximum absolute atomic E-state index is 12.3. The lowest BCUT2D eigenvalue weighted by Crippen LogP contribution is -2.61. The molecule has 3 amide bonds. The third-order valence-corrected chi connectivity index (χ3v) is 4.17. The summed E-state index contributed by atoms with van der Waals surface area (Å²) in [5, 5.41) is 3.05. The number of carbonyl (C=O) groups is 2. The zero-order valence-electron chi connectivity index (χ0n) is 11.1. The molecular formula is C15H18N2O2. The van der Waals surface area contributed by atoms with Crippen molar-refractivity contribution in [1.29, 1.82) is 0 Å². The molecular weight excluding hydrogens is 240 g/mol. The van der Waals surface area contributed by atoms with Crippen LogP contribution in [0.3, 0.4) is 0 Å². The first kappa shape index (κ1) is 12.2. The lowest BCUT2D eigenvalue weighted by atomic mass is 9.90. The minimum absolute atomic E-state index is 0.0884. The van der Waals surface area contributed by atoms with Crippen LogP contribution in [0.15, 0.2) is 24.3 Å². The van der Waals surface area contributed by atoms with Gasteiger partial charge in [-0.2, -0.15) is 0 Å². The number of rotatable bonds is 1. The van der Waals surface area contributed by atoms with E-state index >= 15 is 0 Å². The Morgan fingerprint density at radius 3 is 2.32 bits per heavy atom. The number of nitrogens with one attached hydrogen (secondary N) is 1. The number of benzene rings is 1. The van der Waals surface area contributed by atoms with Gasteiger partial charge in [0.1, 0.15) is 0 Å². The van der Waals surface area contributed by atoms with Crippen LogP contribution in [0.5, 0.6) is 0 Å². The van der Waals surface area contributed by atoms with Crippen molar-refractivity contribution in [3.8, 4) is 0 Å². The number of hydrogen-bond donors (Lipinski definition) is 1. The van der Waals surface area contributed by atoms with E-state index in [1.807, 2.05) is 31.2 Å². The molecule has 1 N–H and O–H groups in total. The summed E-state index contributed by atoms with van der Waals surface area (Å²) in [6.45, 7) is 1.98. The van der Waals surface area contributed by atoms with Gasteiger partial charge < -0.3 is 5.32 Å². The number of hydrogen-bond acceptors (Lipinski definition) is 2. The largest absolute Gasteiger partial charge is 0.331 e. The van der Waals surface area contributed by atoms with Gasteiger partial charge in [-0.25, -0.2) is 9.69 Å². The van der Waals surface area contributed by atoms with Crippen molar-refractivity contribution >= 4 is 17.6 Å². The molecule has 2 aliphatic rings. The second kappa shape index (κ2) is 4.37. The maximum Gasteiger partial charge on any atom is 0.329 e. The van der Waals surface area contributed by atoms with E-state index in [0.29, 0.717) is 12.1 Å². The number of nitrogens with zero attached hydrogens (tertiary/aromatic N) is 1. The number of urea groups is 1. The zero-order chi connectivity index (χ0) is 13.5. The van der Waals surface area contributed by atoms with Crippen LogP contribution in [-0.2, 0) is 4.79 Å². The Morgan fingerprint density at radius 2 is 1.74 bits per heavy atom. The SMILES string of the molecule is Cc1ccc(N2C(=O)CC3(CCCC3)NC2=O)cc1. The molecule has 4 nitrogen and oxygen atoms in total. The van der Waals surface area contributed by atoms with E-state index in [1.54, 1.807) is 0 Å². The fourth-order valence-electron chi connectivity index (χ4n) is 3.12. The van der Waals surface area contributed by atoms with Gasteiger partial charge >= 0.3 is 6.03 Å². The third-order valence-electron chi connectivity index (χ3n) is 4.17. The van der Waals surface area contributed by atoms with Gasteiger partial charge in [0.2, 0.25) is 5.91 Å². The number of imide groups is 1. The molecule has 0 aromatic heterocycles. The Morgan fingerprint density at radius 1 is 1.11 bits per heavy atom. The molecule has 1 aromatic rings. The molecule has 1 saturated carbocycles. The number of amides is 3. The van der Waals surface area contributed by atoms with E-state index in [-0.39, 0.29) is 17.5 Å². The lowest BCUT2D eigenvalue weighted by Gasteiger charge is -2.38. The molecule has 1 aliphatic carbocycles. The highest BCUT2D eigenvalue weighted by molar-refractivity contribution is 6.16. The Labute approximate surface area is 112 Å². The standard InChI is InChI=1S/C15H18N2O2/c1-11-4-6-12(7-5-11)17-13(18)10-15(16-14(17)19)8-2-3-9-15/h4-7H,2-3,8-10H2,1H3,(H,16,19). The second-order valence-electron chi connectivity index (χ2n) is 5.66. The predicted octanol–water partition coefficient (Wildman–Crippen LogP) is 2.75. The summed E-state index contributed by atoms with van der Waals surface area (Å²) in [4.78, 5) is 25.8. The normalized spacial score (nSPS) is 21.8. The third kappa shape index (κ3) is 2.11. The van der Waals surface area contributed by atoms with Crippen LogP contribution < -0.4 is 10.2 Å². The first-order chi connectivity index (χ1) is 9.10. The van der Waals surface area contributed by atoms with Crippen molar-refractivity contribution in [2.24, 2.45) is 0 Å². The molecule has 0 bridgehead atoms. The van der Waals surface area contributed by atoms with Crippen molar-refractivity contribution in [3.05, 3.63) is 29.8 Å². The summed E-state index contributed by atoms with van der Waals surface area (Å²) in [6, 6.07) is 7.19. The van der Waals surface area contributed by atoms with E-state index in [4.69, 9.17) is 0 Å². The first-order valence-corrected chi connectivity index (χ1v) is 6.81. The van der Waals surface area contributed by atoms with Gasteiger partial charge in [-0.1, -0.05) is 30.5 Å². The number of aryl methyl sites for hydroxylation is 1. The first-order valence-electron chi connectivity index (χ1n) is 6.81. The van der Waals surface area contributed by atoms with Crippen molar-refractivity contribution in [2.75, 3.05) is 4.90 Å². The molecule has 1 spiro atoms. The molecule has 1 saturated heterocycles. The van der Waals surface area contributed by atoms with Gasteiger partial charge in [0.15, 0.2) is 0 Å². The summed E-state index contributed by atoms with van der Waals surface area (Å²) >= 11 is 0. The van der Waals surface area contributed by atoms with Crippen molar-refractivity contribution in [3.63, 3.8) is 0 Å². The van der Waals surface area contributed by atoms with Crippen LogP contribution in [0, 0.1) is 6.92 Å². The highest BCUT2D eigenvalue weighted by atomic mass is 16.2. The van der Waals surface area contributed by atoms with E-state index < -0.39 is 0 Å². The minimum atomic E-state index is -0.276. The van der Waals surface area contributed by atoms with Crippen LogP contribution in [0.25, 0.3) is 0 Å². The van der Waals surface area contributed by atoms with Crippen LogP contribution in [0.1, 0.15) is 37.7 Å². The zero-order valence-corrected chi connectivity index (χ0v) is 11.1. The van der Waals surface area contributed by atoms with Gasteiger partial charge in [0.25, 0.3) is 0 Å². The summed E-state index contributed by atoms with van der Waals surface area (Å²) in [5.41, 5.74) is 1.50. The molecule has 0 unspecified atom stereocenters. The molecule has 0 atom stereocenters. The van der Waals surface area contributed by atoms with Gasteiger partial charge in [0, 0.05) is 0 Å². The van der Waals surface area contributed by atoms with Gasteiger partial charge in [-0.3, -0.25) is 4.79 Å². The Balaban J connectivity index is 1.86. The Bertz CT molecular complexity index is 495. The van der Waals surface area contributed by atoms with Crippen molar-refractivity contribution in [2.45, 2.75) is 44.6 Å². The quantitative estimate of drug-likeness (QED) is 0.842. The highest BCUT2D eigenvalue weighted by Gasteiger charge is 2.44. The van der Waals surface area contributed by atoms with E-state index in [9.17, 15) is 9.59 Å². The summed E-state index contributed by atoms with van der Waals surface area (Å²) in [7, 11) is 0. The fourth-order valence-corrected chi connectivity index (χ4v) is 3.12. The average Bonchev–Trinajstić information content (AvgIpc) is 2.78. The molecule has 0 radical (unpaired) electrons. The van der Waals surface area contributed by atoms with Crippen LogP contribution in [0.2, 0.25) is 0 Å². The Kier molecular flexibility index (Phi) is 2.81. The van der Waals surface area contributed by atoms with E-state index in [2.05, 4.69) is 5.32 Å². The Hall–Kier alpha value is -1.84. The monoisotopic (exact) mass is 258 g/mol. The number of anilines is 1. The van der Waals surface area contributed by atoms with Gasteiger partial charge in [-0.15, -0.1) is 0 Å². The smallest absolute Gasteiger partial charge is 0.329 e.